The molecule has 0 radical (unpaired) electrons. The standard InChI is InChI=1S/C20H21IN2O2/c21-18-12-5-4-11-17(18)20(25)23-16-10-6-7-14(13-16)19(24)22-15-8-2-1-3-9-15/h4-7,10-13,15H,1-3,8-9H2,(H,22,24)(H,23,25). The SMILES string of the molecule is O=C(NC1CCCCC1)c1cccc(NC(=O)c2ccccc2I)c1. The number of amides is 2. The fourth-order valence-electron chi connectivity index (χ4n) is 3.10. The molecule has 25 heavy (non-hydrogen) atoms. The van der Waals surface area contributed by atoms with Crippen molar-refractivity contribution in [2.75, 3.05) is 5.32 Å². The molecule has 3 rings (SSSR count). The Labute approximate surface area is 161 Å². The third-order valence-corrected chi connectivity index (χ3v) is 5.38. The molecule has 130 valence electrons. The maximum Gasteiger partial charge on any atom is 0.256 e. The summed E-state index contributed by atoms with van der Waals surface area (Å²) in [5.41, 5.74) is 1.83. The molecule has 2 aromatic rings. The zero-order valence-electron chi connectivity index (χ0n) is 13.9. The van der Waals surface area contributed by atoms with Crippen molar-refractivity contribution in [3.8, 4) is 0 Å². The van der Waals surface area contributed by atoms with Gasteiger partial charge in [0.05, 0.1) is 5.56 Å². The molecule has 1 aliphatic carbocycles. The first-order chi connectivity index (χ1) is 12.1. The summed E-state index contributed by atoms with van der Waals surface area (Å²) in [7, 11) is 0. The van der Waals surface area contributed by atoms with Gasteiger partial charge >= 0.3 is 0 Å². The van der Waals surface area contributed by atoms with Crippen molar-refractivity contribution in [3.63, 3.8) is 0 Å². The lowest BCUT2D eigenvalue weighted by Crippen LogP contribution is -2.36. The number of hydrogen-bond donors (Lipinski definition) is 2. The maximum absolute atomic E-state index is 12.4. The van der Waals surface area contributed by atoms with Crippen molar-refractivity contribution in [2.24, 2.45) is 0 Å². The van der Waals surface area contributed by atoms with Crippen molar-refractivity contribution in [2.45, 2.75) is 38.1 Å². The minimum atomic E-state index is -0.171. The predicted molar refractivity (Wildman–Crippen MR) is 108 cm³/mol. The molecule has 0 aromatic heterocycles. The van der Waals surface area contributed by atoms with Crippen LogP contribution >= 0.6 is 22.6 Å². The van der Waals surface area contributed by atoms with E-state index < -0.39 is 0 Å². The minimum Gasteiger partial charge on any atom is -0.349 e. The Morgan fingerprint density at radius 1 is 0.920 bits per heavy atom. The summed E-state index contributed by atoms with van der Waals surface area (Å²) >= 11 is 2.14. The molecule has 5 heteroatoms. The van der Waals surface area contributed by atoms with E-state index in [1.54, 1.807) is 30.3 Å². The number of nitrogens with one attached hydrogen (secondary N) is 2. The van der Waals surface area contributed by atoms with Crippen LogP contribution in [0.25, 0.3) is 0 Å². The summed E-state index contributed by atoms with van der Waals surface area (Å²) in [6.45, 7) is 0. The van der Waals surface area contributed by atoms with Crippen LogP contribution in [0.5, 0.6) is 0 Å². The monoisotopic (exact) mass is 448 g/mol. The van der Waals surface area contributed by atoms with E-state index in [1.807, 2.05) is 18.2 Å². The lowest BCUT2D eigenvalue weighted by Gasteiger charge is -2.22. The van der Waals surface area contributed by atoms with Gasteiger partial charge in [-0.2, -0.15) is 0 Å². The van der Waals surface area contributed by atoms with Crippen molar-refractivity contribution >= 4 is 40.1 Å². The smallest absolute Gasteiger partial charge is 0.256 e. The van der Waals surface area contributed by atoms with Gasteiger partial charge in [-0.05, 0) is 65.8 Å². The highest BCUT2D eigenvalue weighted by molar-refractivity contribution is 14.1. The number of benzene rings is 2. The zero-order chi connectivity index (χ0) is 17.6. The molecule has 1 fully saturated rings. The summed E-state index contributed by atoms with van der Waals surface area (Å²) in [5.74, 6) is -0.243. The Kier molecular flexibility index (Phi) is 6.07. The van der Waals surface area contributed by atoms with Crippen LogP contribution in [-0.4, -0.2) is 17.9 Å². The Bertz CT molecular complexity index is 770. The lowest BCUT2D eigenvalue weighted by molar-refractivity contribution is 0.0926. The van der Waals surface area contributed by atoms with Gasteiger partial charge in [-0.3, -0.25) is 9.59 Å². The molecule has 4 nitrogen and oxygen atoms in total. The van der Waals surface area contributed by atoms with Crippen LogP contribution in [0.1, 0.15) is 52.8 Å². The van der Waals surface area contributed by atoms with Gasteiger partial charge in [-0.1, -0.05) is 37.5 Å². The maximum atomic E-state index is 12.4. The lowest BCUT2D eigenvalue weighted by atomic mass is 9.95. The van der Waals surface area contributed by atoms with Gasteiger partial charge in [0.15, 0.2) is 0 Å². The van der Waals surface area contributed by atoms with Crippen LogP contribution in [0.4, 0.5) is 5.69 Å². The van der Waals surface area contributed by atoms with Gasteiger partial charge in [0.2, 0.25) is 0 Å². The van der Waals surface area contributed by atoms with E-state index >= 15 is 0 Å². The van der Waals surface area contributed by atoms with Crippen LogP contribution in [0.15, 0.2) is 48.5 Å². The van der Waals surface area contributed by atoms with Gasteiger partial charge in [0, 0.05) is 20.9 Å². The number of carbonyl (C=O) groups is 2. The molecule has 0 heterocycles. The van der Waals surface area contributed by atoms with Gasteiger partial charge in [0.1, 0.15) is 0 Å². The molecule has 2 aromatic carbocycles. The van der Waals surface area contributed by atoms with Gasteiger partial charge in [0.25, 0.3) is 11.8 Å². The van der Waals surface area contributed by atoms with Gasteiger partial charge in [-0.25, -0.2) is 0 Å². The summed E-state index contributed by atoms with van der Waals surface area (Å²) in [6.07, 6.45) is 5.71. The normalized spacial score (nSPS) is 14.8. The first-order valence-electron chi connectivity index (χ1n) is 8.60. The van der Waals surface area contributed by atoms with E-state index in [1.165, 1.54) is 19.3 Å². The van der Waals surface area contributed by atoms with Gasteiger partial charge in [-0.15, -0.1) is 0 Å². The average molecular weight is 448 g/mol. The molecule has 2 amide bonds. The molecule has 0 atom stereocenters. The highest BCUT2D eigenvalue weighted by Gasteiger charge is 2.17. The van der Waals surface area contributed by atoms with E-state index in [0.717, 1.165) is 16.4 Å². The van der Waals surface area contributed by atoms with Crippen molar-refractivity contribution in [1.29, 1.82) is 0 Å². The van der Waals surface area contributed by atoms with Crippen LogP contribution in [0.2, 0.25) is 0 Å². The number of anilines is 1. The highest BCUT2D eigenvalue weighted by Crippen LogP contribution is 2.19. The van der Waals surface area contributed by atoms with Crippen LogP contribution in [-0.2, 0) is 0 Å². The third kappa shape index (κ3) is 4.81. The molecule has 0 saturated heterocycles. The highest BCUT2D eigenvalue weighted by atomic mass is 127. The fraction of sp³-hybridized carbons (Fsp3) is 0.300. The van der Waals surface area contributed by atoms with Crippen LogP contribution in [0.3, 0.4) is 0 Å². The van der Waals surface area contributed by atoms with E-state index in [2.05, 4.69) is 33.2 Å². The zero-order valence-corrected chi connectivity index (χ0v) is 16.1. The first kappa shape index (κ1) is 17.9. The topological polar surface area (TPSA) is 58.2 Å². The fourth-order valence-corrected chi connectivity index (χ4v) is 3.73. The average Bonchev–Trinajstić information content (AvgIpc) is 2.63. The Morgan fingerprint density at radius 3 is 2.44 bits per heavy atom. The number of halogens is 1. The van der Waals surface area contributed by atoms with Crippen molar-refractivity contribution in [1.82, 2.24) is 5.32 Å². The van der Waals surface area contributed by atoms with Crippen LogP contribution in [0, 0.1) is 3.57 Å². The van der Waals surface area contributed by atoms with E-state index in [-0.39, 0.29) is 17.9 Å². The summed E-state index contributed by atoms with van der Waals surface area (Å²) < 4.78 is 0.892. The molecule has 1 aliphatic rings. The molecule has 0 spiro atoms. The second kappa shape index (κ2) is 8.47. The molecule has 0 bridgehead atoms. The molecule has 1 saturated carbocycles. The number of carbonyl (C=O) groups excluding carboxylic acids is 2. The molecular weight excluding hydrogens is 427 g/mol. The summed E-state index contributed by atoms with van der Waals surface area (Å²) in [5, 5.41) is 5.98. The van der Waals surface area contributed by atoms with Gasteiger partial charge < -0.3 is 10.6 Å². The Morgan fingerprint density at radius 2 is 1.68 bits per heavy atom. The Hall–Kier alpha value is -1.89. The number of hydrogen-bond acceptors (Lipinski definition) is 2. The van der Waals surface area contributed by atoms with E-state index in [0.29, 0.717) is 16.8 Å². The largest absolute Gasteiger partial charge is 0.349 e. The quantitative estimate of drug-likeness (QED) is 0.672. The molecular formula is C20H21IN2O2. The summed E-state index contributed by atoms with van der Waals surface area (Å²) in [6, 6.07) is 14.8. The second-order valence-electron chi connectivity index (χ2n) is 6.32. The van der Waals surface area contributed by atoms with Crippen molar-refractivity contribution < 1.29 is 9.59 Å². The third-order valence-electron chi connectivity index (χ3n) is 4.44. The number of rotatable bonds is 4. The first-order valence-corrected chi connectivity index (χ1v) is 9.68. The van der Waals surface area contributed by atoms with Crippen molar-refractivity contribution in [3.05, 3.63) is 63.2 Å². The molecule has 0 unspecified atom stereocenters. The second-order valence-corrected chi connectivity index (χ2v) is 7.49. The summed E-state index contributed by atoms with van der Waals surface area (Å²) in [4.78, 5) is 24.9. The Balaban J connectivity index is 1.67. The van der Waals surface area contributed by atoms with E-state index in [9.17, 15) is 9.59 Å². The van der Waals surface area contributed by atoms with E-state index in [4.69, 9.17) is 0 Å². The van der Waals surface area contributed by atoms with Crippen LogP contribution < -0.4 is 10.6 Å². The molecule has 0 aliphatic heterocycles. The molecule has 2 N–H and O–H groups in total. The minimum absolute atomic E-state index is 0.0720. The predicted octanol–water partition coefficient (Wildman–Crippen LogP) is 4.61.